The SMILES string of the molecule is CCC(OC(F)F)C(O)(F)F. The van der Waals surface area contributed by atoms with E-state index in [1.807, 2.05) is 0 Å². The Labute approximate surface area is 60.8 Å². The maximum Gasteiger partial charge on any atom is 0.379 e. The molecule has 1 N–H and O–H groups in total. The van der Waals surface area contributed by atoms with Crippen molar-refractivity contribution in [1.82, 2.24) is 0 Å². The lowest BCUT2D eigenvalue weighted by atomic mass is 10.2. The van der Waals surface area contributed by atoms with Crippen LogP contribution in [-0.4, -0.2) is 23.9 Å². The van der Waals surface area contributed by atoms with Crippen molar-refractivity contribution in [2.45, 2.75) is 32.2 Å². The Bertz CT molecular complexity index is 112. The van der Waals surface area contributed by atoms with Gasteiger partial charge in [-0.3, -0.25) is 0 Å². The molecule has 0 saturated heterocycles. The van der Waals surface area contributed by atoms with Crippen LogP contribution in [0.15, 0.2) is 0 Å². The van der Waals surface area contributed by atoms with E-state index in [1.54, 1.807) is 0 Å². The molecule has 68 valence electrons. The van der Waals surface area contributed by atoms with Crippen molar-refractivity contribution in [3.63, 3.8) is 0 Å². The van der Waals surface area contributed by atoms with E-state index in [4.69, 9.17) is 5.11 Å². The van der Waals surface area contributed by atoms with Crippen molar-refractivity contribution < 1.29 is 27.4 Å². The van der Waals surface area contributed by atoms with Gasteiger partial charge in [0.15, 0.2) is 6.10 Å². The molecule has 0 heterocycles. The van der Waals surface area contributed by atoms with Crippen molar-refractivity contribution in [2.75, 3.05) is 0 Å². The number of rotatable bonds is 4. The molecule has 0 radical (unpaired) electrons. The van der Waals surface area contributed by atoms with Crippen LogP contribution in [0.3, 0.4) is 0 Å². The minimum atomic E-state index is -4.20. The lowest BCUT2D eigenvalue weighted by Crippen LogP contribution is -2.36. The second kappa shape index (κ2) is 3.87. The van der Waals surface area contributed by atoms with E-state index in [9.17, 15) is 17.6 Å². The van der Waals surface area contributed by atoms with Crippen molar-refractivity contribution in [3.8, 4) is 0 Å². The first kappa shape index (κ1) is 10.6. The van der Waals surface area contributed by atoms with Crippen LogP contribution < -0.4 is 0 Å². The minimum absolute atomic E-state index is 0.381. The van der Waals surface area contributed by atoms with E-state index < -0.39 is 18.8 Å². The number of halogens is 4. The third-order valence-corrected chi connectivity index (χ3v) is 1.03. The van der Waals surface area contributed by atoms with Crippen LogP contribution >= 0.6 is 0 Å². The summed E-state index contributed by atoms with van der Waals surface area (Å²) in [6, 6.07) is 0. The highest BCUT2D eigenvalue weighted by Gasteiger charge is 2.38. The summed E-state index contributed by atoms with van der Waals surface area (Å²) in [5.74, 6) is 0. The van der Waals surface area contributed by atoms with Gasteiger partial charge < -0.3 is 9.84 Å². The van der Waals surface area contributed by atoms with Gasteiger partial charge in [-0.25, -0.2) is 0 Å². The third-order valence-electron chi connectivity index (χ3n) is 1.03. The van der Waals surface area contributed by atoms with Gasteiger partial charge in [-0.05, 0) is 6.42 Å². The van der Waals surface area contributed by atoms with E-state index in [2.05, 4.69) is 4.74 Å². The second-order valence-corrected chi connectivity index (χ2v) is 1.88. The molecule has 0 aliphatic heterocycles. The van der Waals surface area contributed by atoms with Crippen LogP contribution in [0.4, 0.5) is 17.6 Å². The molecule has 6 heteroatoms. The summed E-state index contributed by atoms with van der Waals surface area (Å²) < 4.78 is 49.8. The molecule has 0 aromatic rings. The molecule has 0 aromatic carbocycles. The Morgan fingerprint density at radius 1 is 1.45 bits per heavy atom. The standard InChI is InChI=1S/C5H8F4O2/c1-2-3(5(8,9)10)11-4(6)7/h3-4,10H,2H2,1H3. The third kappa shape index (κ3) is 4.15. The van der Waals surface area contributed by atoms with Gasteiger partial charge >= 0.3 is 12.7 Å². The van der Waals surface area contributed by atoms with Crippen LogP contribution in [0.1, 0.15) is 13.3 Å². The maximum atomic E-state index is 11.8. The van der Waals surface area contributed by atoms with Crippen LogP contribution in [0.25, 0.3) is 0 Å². The van der Waals surface area contributed by atoms with E-state index in [1.165, 1.54) is 6.92 Å². The summed E-state index contributed by atoms with van der Waals surface area (Å²) in [6.45, 7) is -2.09. The van der Waals surface area contributed by atoms with Gasteiger partial charge in [0.1, 0.15) is 0 Å². The van der Waals surface area contributed by atoms with Crippen molar-refractivity contribution in [2.24, 2.45) is 0 Å². The molecule has 0 fully saturated rings. The van der Waals surface area contributed by atoms with Crippen molar-refractivity contribution >= 4 is 0 Å². The Morgan fingerprint density at radius 3 is 2.00 bits per heavy atom. The zero-order chi connectivity index (χ0) is 9.07. The first-order valence-corrected chi connectivity index (χ1v) is 2.91. The molecule has 1 atom stereocenters. The minimum Gasteiger partial charge on any atom is -0.334 e. The summed E-state index contributed by atoms with van der Waals surface area (Å²) in [5.41, 5.74) is 0. The van der Waals surface area contributed by atoms with Gasteiger partial charge in [0, 0.05) is 0 Å². The molecule has 0 aromatic heterocycles. The van der Waals surface area contributed by atoms with Gasteiger partial charge in [0.05, 0.1) is 0 Å². The molecule has 1 unspecified atom stereocenters. The van der Waals surface area contributed by atoms with E-state index in [-0.39, 0.29) is 6.42 Å². The fourth-order valence-electron chi connectivity index (χ4n) is 0.548. The molecule has 0 saturated carbocycles. The highest BCUT2D eigenvalue weighted by atomic mass is 19.3. The number of hydrogen-bond donors (Lipinski definition) is 1. The van der Waals surface area contributed by atoms with Crippen LogP contribution in [0.5, 0.6) is 0 Å². The second-order valence-electron chi connectivity index (χ2n) is 1.88. The molecule has 0 rings (SSSR count). The lowest BCUT2D eigenvalue weighted by molar-refractivity contribution is -0.307. The van der Waals surface area contributed by atoms with E-state index in [0.717, 1.165) is 0 Å². The molecular weight excluding hydrogens is 168 g/mol. The van der Waals surface area contributed by atoms with Gasteiger partial charge in [0.2, 0.25) is 0 Å². The largest absolute Gasteiger partial charge is 0.379 e. The lowest BCUT2D eigenvalue weighted by Gasteiger charge is -2.19. The van der Waals surface area contributed by atoms with Gasteiger partial charge in [-0.15, -0.1) is 0 Å². The average Bonchev–Trinajstić information content (AvgIpc) is 1.79. The molecular formula is C5H8F4O2. The zero-order valence-electron chi connectivity index (χ0n) is 5.73. The van der Waals surface area contributed by atoms with Crippen molar-refractivity contribution in [1.29, 1.82) is 0 Å². The number of ether oxygens (including phenoxy) is 1. The van der Waals surface area contributed by atoms with E-state index in [0.29, 0.717) is 0 Å². The summed E-state index contributed by atoms with van der Waals surface area (Å²) in [4.78, 5) is 0. The van der Waals surface area contributed by atoms with Crippen LogP contribution in [-0.2, 0) is 4.74 Å². The molecule has 2 nitrogen and oxygen atoms in total. The fraction of sp³-hybridized carbons (Fsp3) is 1.00. The predicted octanol–water partition coefficient (Wildman–Crippen LogP) is 1.59. The summed E-state index contributed by atoms with van der Waals surface area (Å²) in [5, 5.41) is 7.93. The number of aliphatic hydroxyl groups is 1. The fourth-order valence-corrected chi connectivity index (χ4v) is 0.548. The maximum absolute atomic E-state index is 11.8. The zero-order valence-corrected chi connectivity index (χ0v) is 5.73. The molecule has 0 spiro atoms. The van der Waals surface area contributed by atoms with Gasteiger partial charge in [-0.2, -0.15) is 17.6 Å². The quantitative estimate of drug-likeness (QED) is 0.659. The first-order chi connectivity index (χ1) is 4.88. The Hall–Kier alpha value is -0.360. The molecule has 0 aliphatic rings. The first-order valence-electron chi connectivity index (χ1n) is 2.91. The predicted molar refractivity (Wildman–Crippen MR) is 28.3 cm³/mol. The average molecular weight is 176 g/mol. The number of hydrogen-bond acceptors (Lipinski definition) is 2. The molecule has 11 heavy (non-hydrogen) atoms. The highest BCUT2D eigenvalue weighted by Crippen LogP contribution is 2.21. The van der Waals surface area contributed by atoms with E-state index >= 15 is 0 Å². The Kier molecular flexibility index (Phi) is 3.74. The molecule has 0 amide bonds. The summed E-state index contributed by atoms with van der Waals surface area (Å²) >= 11 is 0. The summed E-state index contributed by atoms with van der Waals surface area (Å²) in [7, 11) is 0. The monoisotopic (exact) mass is 176 g/mol. The smallest absolute Gasteiger partial charge is 0.334 e. The summed E-state index contributed by atoms with van der Waals surface area (Å²) in [6.07, 6.45) is -6.72. The molecule has 0 bridgehead atoms. The Morgan fingerprint density at radius 2 is 1.91 bits per heavy atom. The highest BCUT2D eigenvalue weighted by molar-refractivity contribution is 4.63. The topological polar surface area (TPSA) is 29.5 Å². The number of alkyl halides is 4. The van der Waals surface area contributed by atoms with Gasteiger partial charge in [0.25, 0.3) is 0 Å². The molecule has 0 aliphatic carbocycles. The van der Waals surface area contributed by atoms with Gasteiger partial charge in [-0.1, -0.05) is 6.92 Å². The normalized spacial score (nSPS) is 15.5. The van der Waals surface area contributed by atoms with Crippen LogP contribution in [0.2, 0.25) is 0 Å². The van der Waals surface area contributed by atoms with Crippen molar-refractivity contribution in [3.05, 3.63) is 0 Å². The Balaban J connectivity index is 3.96. The van der Waals surface area contributed by atoms with Crippen LogP contribution in [0, 0.1) is 0 Å².